The molecule has 278 valence electrons. The van der Waals surface area contributed by atoms with Gasteiger partial charge in [-0.2, -0.15) is 26.3 Å². The maximum Gasteiger partial charge on any atom is 0.432 e. The third-order valence-electron chi connectivity index (χ3n) is 10.3. The molecule has 0 amide bonds. The van der Waals surface area contributed by atoms with E-state index in [1.807, 2.05) is 0 Å². The summed E-state index contributed by atoms with van der Waals surface area (Å²) in [6, 6.07) is 17.4. The SMILES string of the molecule is CO[C@](C(=O)O[C@H]1[C@@H]2C=C3CC[C@@]3([C@H]1OC(=O)[C@@](OC)(c1ccccc1)C(F)(F)F)n1c(=O)n(-c3ccccc3)c(=O)n12)(c1ccccc1)C(F)(F)F. The van der Waals surface area contributed by atoms with Crippen molar-refractivity contribution in [1.29, 1.82) is 0 Å². The number of esters is 2. The Balaban J connectivity index is 1.44. The molecule has 53 heavy (non-hydrogen) atoms. The van der Waals surface area contributed by atoms with Crippen molar-refractivity contribution < 1.29 is 54.9 Å². The number of methoxy groups -OCH3 is 2. The maximum atomic E-state index is 15.0. The molecule has 4 aromatic rings. The van der Waals surface area contributed by atoms with Gasteiger partial charge >= 0.3 is 35.7 Å². The summed E-state index contributed by atoms with van der Waals surface area (Å²) in [7, 11) is 1.24. The molecule has 3 aromatic carbocycles. The largest absolute Gasteiger partial charge is 0.453 e. The van der Waals surface area contributed by atoms with Gasteiger partial charge in [-0.1, -0.05) is 84.9 Å². The Kier molecular flexibility index (Phi) is 8.37. The number of hydrogen-bond acceptors (Lipinski definition) is 8. The number of alkyl halides is 6. The molecule has 0 unspecified atom stereocenters. The normalized spacial score (nSPS) is 24.1. The van der Waals surface area contributed by atoms with E-state index in [-0.39, 0.29) is 18.5 Å². The molecule has 1 saturated carbocycles. The van der Waals surface area contributed by atoms with E-state index in [0.717, 1.165) is 38.2 Å². The van der Waals surface area contributed by atoms with E-state index in [4.69, 9.17) is 18.9 Å². The highest BCUT2D eigenvalue weighted by Crippen LogP contribution is 2.58. The van der Waals surface area contributed by atoms with Crippen LogP contribution in [-0.2, 0) is 45.3 Å². The minimum Gasteiger partial charge on any atom is -0.453 e. The van der Waals surface area contributed by atoms with E-state index in [0.29, 0.717) is 19.8 Å². The summed E-state index contributed by atoms with van der Waals surface area (Å²) < 4.78 is 114. The van der Waals surface area contributed by atoms with E-state index in [1.165, 1.54) is 66.7 Å². The lowest BCUT2D eigenvalue weighted by Crippen LogP contribution is -2.72. The fourth-order valence-corrected chi connectivity index (χ4v) is 7.76. The van der Waals surface area contributed by atoms with Crippen LogP contribution in [0.15, 0.2) is 112 Å². The average Bonchev–Trinajstić information content (AvgIpc) is 3.38. The van der Waals surface area contributed by atoms with Gasteiger partial charge < -0.3 is 18.9 Å². The predicted molar refractivity (Wildman–Crippen MR) is 171 cm³/mol. The highest BCUT2D eigenvalue weighted by Gasteiger charge is 2.71. The number of halogens is 6. The molecule has 3 heterocycles. The quantitative estimate of drug-likeness (QED) is 0.136. The Morgan fingerprint density at radius 3 is 1.60 bits per heavy atom. The van der Waals surface area contributed by atoms with Crippen LogP contribution in [0.2, 0.25) is 0 Å². The van der Waals surface area contributed by atoms with Crippen molar-refractivity contribution in [2.75, 3.05) is 14.2 Å². The number of fused-ring (bicyclic) bond motifs is 1. The zero-order valence-electron chi connectivity index (χ0n) is 27.8. The molecular weight excluding hydrogens is 716 g/mol. The number of benzene rings is 3. The van der Waals surface area contributed by atoms with Crippen LogP contribution in [0, 0.1) is 0 Å². The van der Waals surface area contributed by atoms with Gasteiger partial charge in [0.25, 0.3) is 11.2 Å². The molecule has 2 aliphatic carbocycles. The van der Waals surface area contributed by atoms with Gasteiger partial charge in [0.15, 0.2) is 12.2 Å². The van der Waals surface area contributed by atoms with Gasteiger partial charge in [0.05, 0.1) is 5.69 Å². The van der Waals surface area contributed by atoms with Crippen LogP contribution in [0.25, 0.3) is 5.69 Å². The monoisotopic (exact) mass is 745 g/mol. The summed E-state index contributed by atoms with van der Waals surface area (Å²) in [5.74, 6) is -4.12. The Hall–Kier alpha value is -5.42. The number of rotatable bonds is 9. The summed E-state index contributed by atoms with van der Waals surface area (Å²) >= 11 is 0. The van der Waals surface area contributed by atoms with Crippen LogP contribution >= 0.6 is 0 Å². The summed E-state index contributed by atoms with van der Waals surface area (Å²) in [6.07, 6.45) is -13.7. The number of nitrogens with zero attached hydrogens (tertiary/aromatic N) is 3. The number of hydrogen-bond donors (Lipinski definition) is 0. The lowest BCUT2D eigenvalue weighted by molar-refractivity contribution is -0.291. The molecule has 2 bridgehead atoms. The first-order chi connectivity index (χ1) is 25.1. The molecule has 0 saturated heterocycles. The summed E-state index contributed by atoms with van der Waals surface area (Å²) in [5.41, 5.74) is -12.5. The molecule has 1 spiro atoms. The topological polar surface area (TPSA) is 120 Å². The van der Waals surface area contributed by atoms with E-state index in [1.54, 1.807) is 6.07 Å². The van der Waals surface area contributed by atoms with E-state index in [9.17, 15) is 19.2 Å². The van der Waals surface area contributed by atoms with Crippen molar-refractivity contribution in [3.8, 4) is 5.69 Å². The molecular formula is C36H29F6N3O8. The van der Waals surface area contributed by atoms with Crippen molar-refractivity contribution in [3.05, 3.63) is 135 Å². The van der Waals surface area contributed by atoms with Gasteiger partial charge in [0.1, 0.15) is 11.6 Å². The molecule has 4 aliphatic rings. The average molecular weight is 746 g/mol. The van der Waals surface area contributed by atoms with Crippen molar-refractivity contribution >= 4 is 11.9 Å². The van der Waals surface area contributed by atoms with Crippen LogP contribution in [0.1, 0.15) is 30.0 Å². The van der Waals surface area contributed by atoms with Crippen LogP contribution in [-0.4, -0.2) is 64.6 Å². The highest BCUT2D eigenvalue weighted by molar-refractivity contribution is 5.84. The summed E-state index contributed by atoms with van der Waals surface area (Å²) in [6.45, 7) is 0. The second-order valence-corrected chi connectivity index (χ2v) is 12.7. The Labute approximate surface area is 295 Å². The van der Waals surface area contributed by atoms with Gasteiger partial charge in [-0.15, -0.1) is 0 Å². The van der Waals surface area contributed by atoms with Crippen LogP contribution in [0.4, 0.5) is 26.3 Å². The van der Waals surface area contributed by atoms with Crippen LogP contribution in [0.5, 0.6) is 0 Å². The van der Waals surface area contributed by atoms with Gasteiger partial charge in [-0.3, -0.25) is 0 Å². The molecule has 6 atom stereocenters. The molecule has 8 rings (SSSR count). The zero-order valence-corrected chi connectivity index (χ0v) is 27.8. The van der Waals surface area contributed by atoms with Crippen molar-refractivity contribution in [1.82, 2.24) is 13.9 Å². The van der Waals surface area contributed by atoms with Gasteiger partial charge in [-0.25, -0.2) is 33.1 Å². The number of carbonyl (C=O) groups is 2. The molecule has 1 aromatic heterocycles. The number of aromatic nitrogens is 3. The zero-order chi connectivity index (χ0) is 38.1. The molecule has 2 aliphatic heterocycles. The lowest BCUT2D eigenvalue weighted by atomic mass is 9.61. The van der Waals surface area contributed by atoms with Crippen LogP contribution < -0.4 is 11.4 Å². The Morgan fingerprint density at radius 2 is 1.17 bits per heavy atom. The smallest absolute Gasteiger partial charge is 0.432 e. The Morgan fingerprint density at radius 1 is 0.698 bits per heavy atom. The van der Waals surface area contributed by atoms with E-state index in [2.05, 4.69) is 0 Å². The summed E-state index contributed by atoms with van der Waals surface area (Å²) in [4.78, 5) is 56.4. The number of para-hydroxylation sites is 1. The maximum absolute atomic E-state index is 15.0. The van der Waals surface area contributed by atoms with Crippen molar-refractivity contribution in [2.24, 2.45) is 0 Å². The van der Waals surface area contributed by atoms with E-state index < -0.39 is 81.8 Å². The molecule has 0 N–H and O–H groups in total. The first-order valence-corrected chi connectivity index (χ1v) is 16.1. The molecule has 1 fully saturated rings. The molecule has 0 radical (unpaired) electrons. The van der Waals surface area contributed by atoms with Crippen molar-refractivity contribution in [3.63, 3.8) is 0 Å². The second kappa shape index (κ2) is 12.3. The first kappa shape index (κ1) is 36.0. The molecule has 11 nitrogen and oxygen atoms in total. The lowest BCUT2D eigenvalue weighted by Gasteiger charge is -2.59. The van der Waals surface area contributed by atoms with E-state index >= 15 is 26.3 Å². The van der Waals surface area contributed by atoms with Crippen LogP contribution in [0.3, 0.4) is 0 Å². The highest BCUT2D eigenvalue weighted by atomic mass is 19.4. The fourth-order valence-electron chi connectivity index (χ4n) is 7.76. The number of ether oxygens (including phenoxy) is 4. The predicted octanol–water partition coefficient (Wildman–Crippen LogP) is 4.82. The summed E-state index contributed by atoms with van der Waals surface area (Å²) in [5, 5.41) is 0. The van der Waals surface area contributed by atoms with Crippen molar-refractivity contribution in [2.45, 2.75) is 60.2 Å². The Bertz CT molecular complexity index is 2220. The third kappa shape index (κ3) is 4.82. The van der Waals surface area contributed by atoms with Gasteiger partial charge in [0.2, 0.25) is 0 Å². The number of carbonyl (C=O) groups excluding carboxylic acids is 2. The fraction of sp³-hybridized carbons (Fsp3) is 0.333. The minimum absolute atomic E-state index is 0.0924. The first-order valence-electron chi connectivity index (χ1n) is 16.1. The second-order valence-electron chi connectivity index (χ2n) is 12.7. The van der Waals surface area contributed by atoms with Gasteiger partial charge in [-0.05, 0) is 30.5 Å². The standard InChI is InChI=1S/C36H29F6N3O8/c1-50-33(35(37,38)39,21-12-6-3-7-13-21)28(46)52-26-25-20-23-18-19-32(23,45-31(49)43(30(48)44(25)45)24-16-10-5-11-17-24)27(26)53-29(47)34(51-2,36(40,41)42)22-14-8-4-9-15-22/h3-17,20,25-27H,18-19H2,1-2H3/t25-,26-,27-,32+,33-,34-/m0/s1. The minimum atomic E-state index is -5.47. The molecule has 17 heteroatoms. The van der Waals surface area contributed by atoms with Gasteiger partial charge in [0, 0.05) is 25.3 Å². The third-order valence-corrected chi connectivity index (χ3v) is 10.3.